The van der Waals surface area contributed by atoms with E-state index in [1.807, 2.05) is 11.8 Å². The molecule has 0 aliphatic heterocycles. The molecule has 25 heavy (non-hydrogen) atoms. The number of nitrogens with zero attached hydrogens (tertiary/aromatic N) is 1. The molecule has 134 valence electrons. The quantitative estimate of drug-likeness (QED) is 0.656. The van der Waals surface area contributed by atoms with Crippen molar-refractivity contribution in [3.63, 3.8) is 0 Å². The number of rotatable bonds is 5. The Bertz CT molecular complexity index is 773. The van der Waals surface area contributed by atoms with E-state index in [2.05, 4.69) is 27.8 Å². The number of anilines is 1. The number of nitrogens with two attached hydrogens (primary N) is 1. The van der Waals surface area contributed by atoms with Gasteiger partial charge in [0.05, 0.1) is 5.52 Å². The van der Waals surface area contributed by atoms with Crippen LogP contribution < -0.4 is 16.4 Å². The molecular formula is C17H23N5O2S. The van der Waals surface area contributed by atoms with Crippen molar-refractivity contribution >= 4 is 40.3 Å². The van der Waals surface area contributed by atoms with Crippen molar-refractivity contribution in [2.24, 2.45) is 5.73 Å². The number of aromatic amines is 1. The van der Waals surface area contributed by atoms with Crippen LogP contribution in [0.15, 0.2) is 18.2 Å². The maximum Gasteiger partial charge on any atom is 0.319 e. The number of primary amides is 1. The fraction of sp³-hybridized carbons (Fsp3) is 0.471. The van der Waals surface area contributed by atoms with Gasteiger partial charge in [-0.05, 0) is 43.2 Å². The number of hydrogen-bond donors (Lipinski definition) is 4. The van der Waals surface area contributed by atoms with Crippen LogP contribution in [0.1, 0.15) is 43.1 Å². The number of carbonyl (C=O) groups is 2. The van der Waals surface area contributed by atoms with Gasteiger partial charge in [0.25, 0.3) is 5.91 Å². The van der Waals surface area contributed by atoms with Gasteiger partial charge in [0.15, 0.2) is 5.69 Å². The maximum absolute atomic E-state index is 12.3. The summed E-state index contributed by atoms with van der Waals surface area (Å²) in [6, 6.07) is 5.21. The number of amides is 3. The summed E-state index contributed by atoms with van der Waals surface area (Å²) in [5.41, 5.74) is 6.79. The molecule has 7 nitrogen and oxygen atoms in total. The highest BCUT2D eigenvalue weighted by atomic mass is 32.2. The number of nitrogens with one attached hydrogen (secondary N) is 3. The first kappa shape index (κ1) is 17.6. The van der Waals surface area contributed by atoms with Gasteiger partial charge in [-0.25, -0.2) is 4.79 Å². The Hall–Kier alpha value is -2.22. The van der Waals surface area contributed by atoms with E-state index in [1.165, 1.54) is 6.42 Å². The number of fused-ring (bicyclic) bond motifs is 1. The third-order valence-electron chi connectivity index (χ3n) is 4.42. The van der Waals surface area contributed by atoms with E-state index in [-0.39, 0.29) is 17.8 Å². The van der Waals surface area contributed by atoms with Crippen molar-refractivity contribution < 1.29 is 9.59 Å². The Morgan fingerprint density at radius 3 is 3.00 bits per heavy atom. The number of urea groups is 1. The molecule has 1 aromatic carbocycles. The van der Waals surface area contributed by atoms with Gasteiger partial charge < -0.3 is 16.4 Å². The lowest BCUT2D eigenvalue weighted by Crippen LogP contribution is -2.41. The van der Waals surface area contributed by atoms with E-state index in [9.17, 15) is 9.59 Å². The summed E-state index contributed by atoms with van der Waals surface area (Å²) in [6.07, 6.45) is 4.40. The molecule has 1 aromatic heterocycles. The third kappa shape index (κ3) is 4.25. The number of aromatic nitrogens is 2. The molecule has 1 fully saturated rings. The van der Waals surface area contributed by atoms with Gasteiger partial charge in [-0.15, -0.1) is 0 Å². The Kier molecular flexibility index (Phi) is 5.47. The van der Waals surface area contributed by atoms with Crippen LogP contribution in [0.4, 0.5) is 10.5 Å². The van der Waals surface area contributed by atoms with Crippen molar-refractivity contribution in [2.75, 3.05) is 11.1 Å². The minimum atomic E-state index is -0.602. The Morgan fingerprint density at radius 1 is 1.40 bits per heavy atom. The highest BCUT2D eigenvalue weighted by Gasteiger charge is 2.23. The molecule has 3 rings (SSSR count). The summed E-state index contributed by atoms with van der Waals surface area (Å²) in [4.78, 5) is 23.7. The average molecular weight is 361 g/mol. The zero-order chi connectivity index (χ0) is 17.8. The fourth-order valence-corrected chi connectivity index (χ4v) is 4.47. The molecule has 1 aliphatic rings. The predicted molar refractivity (Wildman–Crippen MR) is 101 cm³/mol. The molecule has 0 saturated heterocycles. The van der Waals surface area contributed by atoms with Crippen LogP contribution in [-0.2, 0) is 0 Å². The van der Waals surface area contributed by atoms with Crippen molar-refractivity contribution in [2.45, 2.75) is 43.9 Å². The Balaban J connectivity index is 1.63. The van der Waals surface area contributed by atoms with Gasteiger partial charge in [0.2, 0.25) is 0 Å². The van der Waals surface area contributed by atoms with E-state index in [4.69, 9.17) is 5.73 Å². The molecule has 2 atom stereocenters. The lowest BCUT2D eigenvalue weighted by molar-refractivity contribution is 0.0997. The number of hydrogen-bond acceptors (Lipinski definition) is 4. The summed E-state index contributed by atoms with van der Waals surface area (Å²) in [6.45, 7) is 2.17. The molecule has 8 heteroatoms. The second-order valence-electron chi connectivity index (χ2n) is 6.24. The second-order valence-corrected chi connectivity index (χ2v) is 7.81. The molecule has 2 aromatic rings. The van der Waals surface area contributed by atoms with Gasteiger partial charge >= 0.3 is 6.03 Å². The van der Waals surface area contributed by atoms with Crippen LogP contribution in [-0.4, -0.2) is 39.2 Å². The zero-order valence-corrected chi connectivity index (χ0v) is 15.0. The van der Waals surface area contributed by atoms with Crippen LogP contribution in [0.2, 0.25) is 0 Å². The van der Waals surface area contributed by atoms with Crippen molar-refractivity contribution in [1.82, 2.24) is 15.5 Å². The highest BCUT2D eigenvalue weighted by molar-refractivity contribution is 7.99. The molecule has 3 amide bonds. The number of H-pyrrole nitrogens is 1. The average Bonchev–Trinajstić information content (AvgIpc) is 2.98. The minimum Gasteiger partial charge on any atom is -0.364 e. The van der Waals surface area contributed by atoms with Crippen LogP contribution in [0.25, 0.3) is 10.9 Å². The van der Waals surface area contributed by atoms with Gasteiger partial charge in [0.1, 0.15) is 0 Å². The van der Waals surface area contributed by atoms with E-state index >= 15 is 0 Å². The van der Waals surface area contributed by atoms with E-state index < -0.39 is 5.91 Å². The summed E-state index contributed by atoms with van der Waals surface area (Å²) < 4.78 is 0. The third-order valence-corrected chi connectivity index (χ3v) is 5.65. The Labute approximate surface area is 150 Å². The van der Waals surface area contributed by atoms with Crippen molar-refractivity contribution in [3.8, 4) is 0 Å². The van der Waals surface area contributed by atoms with Crippen molar-refractivity contribution in [1.29, 1.82) is 0 Å². The van der Waals surface area contributed by atoms with Crippen LogP contribution >= 0.6 is 11.8 Å². The minimum absolute atomic E-state index is 0.172. The number of thioether (sulfide) groups is 1. The number of carbonyl (C=O) groups excluding carboxylic acids is 2. The highest BCUT2D eigenvalue weighted by Crippen LogP contribution is 2.28. The lowest BCUT2D eigenvalue weighted by atomic mass is 9.95. The molecule has 1 aliphatic carbocycles. The first-order valence-electron chi connectivity index (χ1n) is 8.54. The van der Waals surface area contributed by atoms with Crippen LogP contribution in [0.3, 0.4) is 0 Å². The van der Waals surface area contributed by atoms with Crippen LogP contribution in [0, 0.1) is 0 Å². The summed E-state index contributed by atoms with van der Waals surface area (Å²) in [5, 5.41) is 13.8. The standard InChI is InChI=1S/C17H23N5O2S/c1-2-25-12-5-3-4-10(8-12)19-17(24)20-11-6-7-14-13(9-11)15(16(18)23)22-21-14/h6-7,9-10,12H,2-5,8H2,1H3,(H2,18,23)(H,21,22)(H2,19,20,24)/t10-,12+/m0/s1. The smallest absolute Gasteiger partial charge is 0.319 e. The molecule has 0 unspecified atom stereocenters. The topological polar surface area (TPSA) is 113 Å². The normalized spacial score (nSPS) is 20.4. The molecule has 0 spiro atoms. The molecule has 1 heterocycles. The van der Waals surface area contributed by atoms with Gasteiger partial charge in [0, 0.05) is 22.4 Å². The number of benzene rings is 1. The van der Waals surface area contributed by atoms with Gasteiger partial charge in [-0.2, -0.15) is 16.9 Å². The second kappa shape index (κ2) is 7.77. The SMILES string of the molecule is CCS[C@@H]1CCC[C@H](NC(=O)Nc2ccc3[nH]nc(C(N)=O)c3c2)C1. The summed E-state index contributed by atoms with van der Waals surface area (Å²) in [7, 11) is 0. The van der Waals surface area contributed by atoms with E-state index in [0.717, 1.165) is 25.0 Å². The lowest BCUT2D eigenvalue weighted by Gasteiger charge is -2.29. The molecule has 1 saturated carbocycles. The fourth-order valence-electron chi connectivity index (χ4n) is 3.30. The summed E-state index contributed by atoms with van der Waals surface area (Å²) in [5.74, 6) is 0.505. The van der Waals surface area contributed by atoms with Crippen LogP contribution in [0.5, 0.6) is 0 Å². The van der Waals surface area contributed by atoms with Gasteiger partial charge in [-0.1, -0.05) is 13.3 Å². The Morgan fingerprint density at radius 2 is 2.24 bits per heavy atom. The first-order valence-corrected chi connectivity index (χ1v) is 9.58. The van der Waals surface area contributed by atoms with Gasteiger partial charge in [-0.3, -0.25) is 9.89 Å². The van der Waals surface area contributed by atoms with E-state index in [1.54, 1.807) is 18.2 Å². The predicted octanol–water partition coefficient (Wildman–Crippen LogP) is 2.85. The van der Waals surface area contributed by atoms with E-state index in [0.29, 0.717) is 21.8 Å². The molecule has 5 N–H and O–H groups in total. The largest absolute Gasteiger partial charge is 0.364 e. The molecular weight excluding hydrogens is 338 g/mol. The maximum atomic E-state index is 12.3. The monoisotopic (exact) mass is 361 g/mol. The zero-order valence-electron chi connectivity index (χ0n) is 14.2. The molecule has 0 radical (unpaired) electrons. The first-order chi connectivity index (χ1) is 12.1. The van der Waals surface area contributed by atoms with Crippen molar-refractivity contribution in [3.05, 3.63) is 23.9 Å². The molecule has 0 bridgehead atoms. The summed E-state index contributed by atoms with van der Waals surface area (Å²) >= 11 is 1.97.